The molecule has 4 atom stereocenters. The Kier molecular flexibility index (Phi) is 9.41. The van der Waals surface area contributed by atoms with Gasteiger partial charge in [-0.2, -0.15) is 0 Å². The quantitative estimate of drug-likeness (QED) is 0.214. The Morgan fingerprint density at radius 3 is 2.53 bits per heavy atom. The first kappa shape index (κ1) is 31.9. The van der Waals surface area contributed by atoms with Crippen LogP contribution in [0.3, 0.4) is 0 Å². The van der Waals surface area contributed by atoms with E-state index in [0.29, 0.717) is 31.4 Å². The maximum absolute atomic E-state index is 14.1. The predicted octanol–water partition coefficient (Wildman–Crippen LogP) is 5.84. The number of aliphatic hydroxyl groups excluding tert-OH is 1. The molecule has 0 radical (unpaired) electrons. The Morgan fingerprint density at radius 2 is 1.79 bits per heavy atom. The Morgan fingerprint density at radius 1 is 1.00 bits per heavy atom. The van der Waals surface area contributed by atoms with Gasteiger partial charge in [0, 0.05) is 47.8 Å². The lowest BCUT2D eigenvalue weighted by atomic mass is 9.69. The van der Waals surface area contributed by atoms with Crippen molar-refractivity contribution in [1.29, 1.82) is 0 Å². The third-order valence-corrected chi connectivity index (χ3v) is 10.9. The summed E-state index contributed by atoms with van der Waals surface area (Å²) >= 11 is 3.50. The fourth-order valence-electron chi connectivity index (χ4n) is 8.12. The highest BCUT2D eigenvalue weighted by Gasteiger charge is 2.58. The van der Waals surface area contributed by atoms with Crippen molar-refractivity contribution in [1.82, 2.24) is 14.8 Å². The molecule has 4 heterocycles. The SMILES string of the molecule is O=C1[C@@H]2[C@@H](CC(CO)=C3[C@@H](CC/C(=C/c4cc(Br)ccc4O)c4ccccn4)OC[C@@H]32)C(=O)N1C1CCN(Cc2ccccc2)CC1. The zero-order chi connectivity index (χ0) is 32.5. The number of fused-ring (bicyclic) bond motifs is 3. The molecule has 3 saturated heterocycles. The lowest BCUT2D eigenvalue weighted by molar-refractivity contribution is -0.144. The number of amides is 2. The highest BCUT2D eigenvalue weighted by Crippen LogP contribution is 2.50. The molecule has 0 spiro atoms. The van der Waals surface area contributed by atoms with Crippen molar-refractivity contribution in [2.45, 2.75) is 50.8 Å². The van der Waals surface area contributed by atoms with Crippen LogP contribution in [-0.2, 0) is 20.9 Å². The second-order valence-electron chi connectivity index (χ2n) is 13.1. The number of phenols is 1. The summed E-state index contributed by atoms with van der Waals surface area (Å²) in [5, 5.41) is 21.1. The van der Waals surface area contributed by atoms with Crippen LogP contribution in [0.5, 0.6) is 5.75 Å². The van der Waals surface area contributed by atoms with Crippen LogP contribution in [-0.4, -0.2) is 75.3 Å². The lowest BCUT2D eigenvalue weighted by Gasteiger charge is -2.36. The molecule has 3 aliphatic heterocycles. The van der Waals surface area contributed by atoms with E-state index in [4.69, 9.17) is 4.74 Å². The molecular weight excluding hydrogens is 658 g/mol. The first-order chi connectivity index (χ1) is 22.9. The van der Waals surface area contributed by atoms with Gasteiger partial charge < -0.3 is 14.9 Å². The van der Waals surface area contributed by atoms with Crippen LogP contribution in [0.4, 0.5) is 0 Å². The maximum Gasteiger partial charge on any atom is 0.234 e. The van der Waals surface area contributed by atoms with Gasteiger partial charge in [-0.3, -0.25) is 24.4 Å². The number of aromatic hydroxyl groups is 1. The minimum absolute atomic E-state index is 0.0653. The van der Waals surface area contributed by atoms with E-state index in [2.05, 4.69) is 50.1 Å². The van der Waals surface area contributed by atoms with E-state index >= 15 is 0 Å². The third-order valence-electron chi connectivity index (χ3n) is 10.4. The second kappa shape index (κ2) is 13.8. The van der Waals surface area contributed by atoms with Gasteiger partial charge in [-0.1, -0.05) is 52.3 Å². The molecule has 1 aromatic heterocycles. The summed E-state index contributed by atoms with van der Waals surface area (Å²) in [7, 11) is 0. The van der Waals surface area contributed by atoms with E-state index in [9.17, 15) is 19.8 Å². The zero-order valence-corrected chi connectivity index (χ0v) is 27.9. The van der Waals surface area contributed by atoms with E-state index in [1.54, 1.807) is 23.2 Å². The number of likely N-dealkylation sites (tertiary alicyclic amines) is 2. The summed E-state index contributed by atoms with van der Waals surface area (Å²) < 4.78 is 7.25. The molecule has 4 aliphatic rings. The molecule has 7 rings (SSSR count). The summed E-state index contributed by atoms with van der Waals surface area (Å²) in [6, 6.07) is 21.4. The summed E-state index contributed by atoms with van der Waals surface area (Å²) in [5.74, 6) is -1.06. The Bertz CT molecular complexity index is 1690. The standard InChI is InChI=1S/C38H40BrN3O5/c39-28-10-11-33(44)26(19-28)18-25(32-8-4-5-15-40-32)9-12-34-35-27(22-43)20-30-36(31(35)23-47-34)38(46)42(37(30)45)29-13-16-41(17-14-29)21-24-6-2-1-3-7-24/h1-8,10-11,15,18-19,29-31,34,36,43-44H,9,12-14,16-17,20-23H2/b25-18-/t30-,31+,34-,36-/m1/s1. The first-order valence-electron chi connectivity index (χ1n) is 16.6. The second-order valence-corrected chi connectivity index (χ2v) is 14.1. The van der Waals surface area contributed by atoms with Gasteiger partial charge in [-0.15, -0.1) is 0 Å². The van der Waals surface area contributed by atoms with E-state index in [-0.39, 0.29) is 42.2 Å². The Hall–Kier alpha value is -3.63. The molecule has 9 heteroatoms. The fourth-order valence-corrected chi connectivity index (χ4v) is 8.50. The van der Waals surface area contributed by atoms with Gasteiger partial charge in [-0.05, 0) is 90.8 Å². The molecule has 2 aromatic carbocycles. The van der Waals surface area contributed by atoms with E-state index in [1.165, 1.54) is 5.56 Å². The number of aromatic nitrogens is 1. The maximum atomic E-state index is 14.1. The summed E-state index contributed by atoms with van der Waals surface area (Å²) in [5.41, 5.74) is 5.55. The number of allylic oxidation sites excluding steroid dienone is 1. The number of aliphatic hydroxyl groups is 1. The smallest absolute Gasteiger partial charge is 0.234 e. The Labute approximate surface area is 283 Å². The minimum atomic E-state index is -0.440. The van der Waals surface area contributed by atoms with Crippen molar-refractivity contribution in [3.63, 3.8) is 0 Å². The number of hydrogen-bond acceptors (Lipinski definition) is 7. The molecule has 3 aromatic rings. The van der Waals surface area contributed by atoms with Crippen molar-refractivity contribution in [3.8, 4) is 5.75 Å². The number of phenolic OH excluding ortho intramolecular Hbond substituents is 1. The predicted molar refractivity (Wildman–Crippen MR) is 183 cm³/mol. The van der Waals surface area contributed by atoms with Gasteiger partial charge in [0.2, 0.25) is 11.8 Å². The average molecular weight is 699 g/mol. The van der Waals surface area contributed by atoms with Crippen LogP contribution < -0.4 is 0 Å². The van der Waals surface area contributed by atoms with E-state index < -0.39 is 11.8 Å². The van der Waals surface area contributed by atoms with Crippen LogP contribution in [0.25, 0.3) is 11.6 Å². The highest BCUT2D eigenvalue weighted by molar-refractivity contribution is 9.10. The summed E-state index contributed by atoms with van der Waals surface area (Å²) in [4.78, 5) is 36.5. The average Bonchev–Trinajstić information content (AvgIpc) is 3.63. The number of carbonyl (C=O) groups excluding carboxylic acids is 2. The largest absolute Gasteiger partial charge is 0.507 e. The molecule has 0 saturated carbocycles. The van der Waals surface area contributed by atoms with Crippen molar-refractivity contribution in [2.75, 3.05) is 26.3 Å². The van der Waals surface area contributed by atoms with Crippen molar-refractivity contribution < 1.29 is 24.5 Å². The number of halogens is 1. The number of piperidine rings is 1. The molecule has 2 amide bonds. The molecule has 47 heavy (non-hydrogen) atoms. The number of nitrogens with zero attached hydrogens (tertiary/aromatic N) is 3. The summed E-state index contributed by atoms with van der Waals surface area (Å²) in [6.07, 6.45) is 6.61. The van der Waals surface area contributed by atoms with Crippen molar-refractivity contribution in [3.05, 3.63) is 105 Å². The fraction of sp³-hybridized carbons (Fsp3) is 0.395. The molecule has 244 valence electrons. The van der Waals surface area contributed by atoms with Gasteiger partial charge in [-0.25, -0.2) is 0 Å². The molecule has 8 nitrogen and oxygen atoms in total. The molecule has 0 unspecified atom stereocenters. The van der Waals surface area contributed by atoms with Crippen LogP contribution >= 0.6 is 15.9 Å². The summed E-state index contributed by atoms with van der Waals surface area (Å²) in [6.45, 7) is 2.77. The molecule has 0 bridgehead atoms. The number of carbonyl (C=O) groups is 2. The number of benzene rings is 2. The van der Waals surface area contributed by atoms with Crippen molar-refractivity contribution >= 4 is 39.4 Å². The number of rotatable bonds is 9. The van der Waals surface area contributed by atoms with Gasteiger partial charge in [0.05, 0.1) is 36.8 Å². The molecule has 2 N–H and O–H groups in total. The van der Waals surface area contributed by atoms with Gasteiger partial charge in [0.25, 0.3) is 0 Å². The molecule has 3 fully saturated rings. The van der Waals surface area contributed by atoms with Crippen LogP contribution in [0.2, 0.25) is 0 Å². The van der Waals surface area contributed by atoms with E-state index in [1.807, 2.05) is 36.4 Å². The lowest BCUT2D eigenvalue weighted by Crippen LogP contribution is -2.47. The molecular formula is C38H40BrN3O5. The first-order valence-corrected chi connectivity index (χ1v) is 17.4. The van der Waals surface area contributed by atoms with Crippen LogP contribution in [0, 0.1) is 17.8 Å². The highest BCUT2D eigenvalue weighted by atomic mass is 79.9. The van der Waals surface area contributed by atoms with Crippen LogP contribution in [0.1, 0.15) is 48.9 Å². The van der Waals surface area contributed by atoms with Crippen LogP contribution in [0.15, 0.2) is 88.5 Å². The molecule has 1 aliphatic carbocycles. The third kappa shape index (κ3) is 6.46. The van der Waals surface area contributed by atoms with Gasteiger partial charge in [0.1, 0.15) is 5.75 Å². The zero-order valence-electron chi connectivity index (χ0n) is 26.3. The number of hydrogen-bond donors (Lipinski definition) is 2. The van der Waals surface area contributed by atoms with E-state index in [0.717, 1.165) is 59.4 Å². The topological polar surface area (TPSA) is 103 Å². The minimum Gasteiger partial charge on any atom is -0.507 e. The number of ether oxygens (including phenoxy) is 1. The van der Waals surface area contributed by atoms with Gasteiger partial charge in [0.15, 0.2) is 0 Å². The monoisotopic (exact) mass is 697 g/mol. The number of imide groups is 1. The number of pyridine rings is 1. The Balaban J connectivity index is 1.07. The van der Waals surface area contributed by atoms with Crippen molar-refractivity contribution in [2.24, 2.45) is 17.8 Å². The normalized spacial score (nSPS) is 25.4. The van der Waals surface area contributed by atoms with Gasteiger partial charge >= 0.3 is 0 Å².